The lowest BCUT2D eigenvalue weighted by Crippen LogP contribution is -2.28. The summed E-state index contributed by atoms with van der Waals surface area (Å²) in [6, 6.07) is 9.47. The summed E-state index contributed by atoms with van der Waals surface area (Å²) in [4.78, 5) is 0. The Labute approximate surface area is 100 Å². The van der Waals surface area contributed by atoms with Crippen molar-refractivity contribution in [3.63, 3.8) is 0 Å². The van der Waals surface area contributed by atoms with Crippen LogP contribution in [0.4, 0.5) is 0 Å². The Balaban J connectivity index is 2.46. The van der Waals surface area contributed by atoms with Crippen LogP contribution in [0.2, 0.25) is 0 Å². The molecule has 0 fully saturated rings. The zero-order valence-corrected chi connectivity index (χ0v) is 9.94. The molecule has 0 saturated heterocycles. The molecule has 2 rings (SSSR count). The van der Waals surface area contributed by atoms with Crippen LogP contribution in [-0.4, -0.2) is 7.11 Å². The second-order valence-corrected chi connectivity index (χ2v) is 3.86. The Hall–Kier alpha value is -1.78. The molecule has 0 amide bonds. The van der Waals surface area contributed by atoms with Crippen LogP contribution in [0.3, 0.4) is 0 Å². The van der Waals surface area contributed by atoms with E-state index in [0.29, 0.717) is 0 Å². The summed E-state index contributed by atoms with van der Waals surface area (Å²) in [7, 11) is 1.64. The van der Waals surface area contributed by atoms with Gasteiger partial charge in [0, 0.05) is 5.56 Å². The SMILES string of the molecule is COc1ccc(C)cc1C(NN)c1ccco1. The van der Waals surface area contributed by atoms with Gasteiger partial charge in [-0.05, 0) is 25.1 Å². The van der Waals surface area contributed by atoms with Crippen molar-refractivity contribution >= 4 is 0 Å². The molecular formula is C13H16N2O2. The minimum absolute atomic E-state index is 0.208. The predicted octanol–water partition coefficient (Wildman–Crippen LogP) is 2.15. The van der Waals surface area contributed by atoms with Crippen molar-refractivity contribution in [3.8, 4) is 5.75 Å². The van der Waals surface area contributed by atoms with E-state index in [1.54, 1.807) is 13.4 Å². The van der Waals surface area contributed by atoms with Gasteiger partial charge in [-0.1, -0.05) is 17.7 Å². The molecule has 90 valence electrons. The zero-order valence-electron chi connectivity index (χ0n) is 9.94. The van der Waals surface area contributed by atoms with E-state index < -0.39 is 0 Å². The second kappa shape index (κ2) is 5.03. The fourth-order valence-corrected chi connectivity index (χ4v) is 1.86. The zero-order chi connectivity index (χ0) is 12.3. The highest BCUT2D eigenvalue weighted by Crippen LogP contribution is 2.30. The van der Waals surface area contributed by atoms with E-state index in [1.807, 2.05) is 37.3 Å². The molecule has 0 aliphatic heterocycles. The molecule has 0 bridgehead atoms. The summed E-state index contributed by atoms with van der Waals surface area (Å²) in [6.07, 6.45) is 1.63. The number of hydrogen-bond donors (Lipinski definition) is 2. The minimum atomic E-state index is -0.208. The first kappa shape index (κ1) is 11.7. The molecule has 1 aromatic heterocycles. The highest BCUT2D eigenvalue weighted by Gasteiger charge is 2.19. The first-order valence-electron chi connectivity index (χ1n) is 5.40. The molecule has 4 heteroatoms. The Morgan fingerprint density at radius 2 is 2.18 bits per heavy atom. The van der Waals surface area contributed by atoms with Crippen molar-refractivity contribution in [2.75, 3.05) is 7.11 Å². The number of hydrazine groups is 1. The lowest BCUT2D eigenvalue weighted by Gasteiger charge is -2.17. The maximum Gasteiger partial charge on any atom is 0.126 e. The molecule has 1 heterocycles. The summed E-state index contributed by atoms with van der Waals surface area (Å²) in [6.45, 7) is 2.03. The van der Waals surface area contributed by atoms with Crippen molar-refractivity contribution in [2.24, 2.45) is 5.84 Å². The van der Waals surface area contributed by atoms with Gasteiger partial charge in [0.2, 0.25) is 0 Å². The molecule has 3 N–H and O–H groups in total. The van der Waals surface area contributed by atoms with Gasteiger partial charge in [-0.3, -0.25) is 5.84 Å². The van der Waals surface area contributed by atoms with Crippen LogP contribution in [0.5, 0.6) is 5.75 Å². The smallest absolute Gasteiger partial charge is 0.126 e. The Bertz CT molecular complexity index is 480. The number of nitrogens with one attached hydrogen (secondary N) is 1. The molecule has 2 aromatic rings. The van der Waals surface area contributed by atoms with Gasteiger partial charge < -0.3 is 9.15 Å². The van der Waals surface area contributed by atoms with Crippen LogP contribution in [0.15, 0.2) is 41.0 Å². The first-order chi connectivity index (χ1) is 8.26. The summed E-state index contributed by atoms with van der Waals surface area (Å²) in [5, 5.41) is 0. The molecular weight excluding hydrogens is 216 g/mol. The second-order valence-electron chi connectivity index (χ2n) is 3.86. The van der Waals surface area contributed by atoms with E-state index in [2.05, 4.69) is 5.43 Å². The maximum atomic E-state index is 5.60. The number of furan rings is 1. The summed E-state index contributed by atoms with van der Waals surface area (Å²) in [5.41, 5.74) is 4.86. The van der Waals surface area contributed by atoms with E-state index in [1.165, 1.54) is 0 Å². The van der Waals surface area contributed by atoms with Gasteiger partial charge in [0.15, 0.2) is 0 Å². The topological polar surface area (TPSA) is 60.4 Å². The summed E-state index contributed by atoms with van der Waals surface area (Å²) >= 11 is 0. The fraction of sp³-hybridized carbons (Fsp3) is 0.231. The number of benzene rings is 1. The number of ether oxygens (including phenoxy) is 1. The van der Waals surface area contributed by atoms with Crippen LogP contribution < -0.4 is 16.0 Å². The number of methoxy groups -OCH3 is 1. The van der Waals surface area contributed by atoms with E-state index in [9.17, 15) is 0 Å². The molecule has 0 aliphatic carbocycles. The Kier molecular flexibility index (Phi) is 3.46. The molecule has 4 nitrogen and oxygen atoms in total. The number of aryl methyl sites for hydroxylation is 1. The third-order valence-corrected chi connectivity index (χ3v) is 2.69. The van der Waals surface area contributed by atoms with Gasteiger partial charge in [-0.15, -0.1) is 0 Å². The lowest BCUT2D eigenvalue weighted by molar-refractivity contribution is 0.393. The number of nitrogens with two attached hydrogens (primary N) is 1. The van der Waals surface area contributed by atoms with Crippen LogP contribution in [0.1, 0.15) is 22.9 Å². The van der Waals surface area contributed by atoms with Crippen LogP contribution in [0, 0.1) is 6.92 Å². The van der Waals surface area contributed by atoms with Crippen molar-refractivity contribution < 1.29 is 9.15 Å². The molecule has 0 radical (unpaired) electrons. The third-order valence-electron chi connectivity index (χ3n) is 2.69. The average Bonchev–Trinajstić information content (AvgIpc) is 2.84. The minimum Gasteiger partial charge on any atom is -0.496 e. The Morgan fingerprint density at radius 3 is 2.76 bits per heavy atom. The van der Waals surface area contributed by atoms with Crippen molar-refractivity contribution in [1.29, 1.82) is 0 Å². The normalized spacial score (nSPS) is 12.4. The van der Waals surface area contributed by atoms with Crippen LogP contribution in [-0.2, 0) is 0 Å². The van der Waals surface area contributed by atoms with Crippen molar-refractivity contribution in [3.05, 3.63) is 53.5 Å². The molecule has 1 atom stereocenters. The quantitative estimate of drug-likeness (QED) is 0.626. The molecule has 0 spiro atoms. The van der Waals surface area contributed by atoms with E-state index in [0.717, 1.165) is 22.6 Å². The lowest BCUT2D eigenvalue weighted by atomic mass is 10.0. The van der Waals surface area contributed by atoms with Crippen LogP contribution in [0.25, 0.3) is 0 Å². The van der Waals surface area contributed by atoms with E-state index >= 15 is 0 Å². The first-order valence-corrected chi connectivity index (χ1v) is 5.40. The van der Waals surface area contributed by atoms with Gasteiger partial charge >= 0.3 is 0 Å². The summed E-state index contributed by atoms with van der Waals surface area (Å²) in [5.74, 6) is 7.15. The molecule has 0 aliphatic rings. The summed E-state index contributed by atoms with van der Waals surface area (Å²) < 4.78 is 10.7. The maximum absolute atomic E-state index is 5.60. The van der Waals surface area contributed by atoms with Crippen LogP contribution >= 0.6 is 0 Å². The monoisotopic (exact) mass is 232 g/mol. The average molecular weight is 232 g/mol. The van der Waals surface area contributed by atoms with Gasteiger partial charge in [0.1, 0.15) is 17.6 Å². The number of rotatable bonds is 4. The number of hydrogen-bond acceptors (Lipinski definition) is 4. The fourth-order valence-electron chi connectivity index (χ4n) is 1.86. The van der Waals surface area contributed by atoms with E-state index in [-0.39, 0.29) is 6.04 Å². The van der Waals surface area contributed by atoms with Crippen molar-refractivity contribution in [2.45, 2.75) is 13.0 Å². The van der Waals surface area contributed by atoms with Gasteiger partial charge in [-0.2, -0.15) is 0 Å². The van der Waals surface area contributed by atoms with Gasteiger partial charge in [-0.25, -0.2) is 5.43 Å². The van der Waals surface area contributed by atoms with E-state index in [4.69, 9.17) is 15.0 Å². The van der Waals surface area contributed by atoms with Crippen molar-refractivity contribution in [1.82, 2.24) is 5.43 Å². The highest BCUT2D eigenvalue weighted by molar-refractivity contribution is 5.42. The third kappa shape index (κ3) is 2.33. The van der Waals surface area contributed by atoms with Gasteiger partial charge in [0.25, 0.3) is 0 Å². The highest BCUT2D eigenvalue weighted by atomic mass is 16.5. The Morgan fingerprint density at radius 1 is 1.35 bits per heavy atom. The largest absolute Gasteiger partial charge is 0.496 e. The standard InChI is InChI=1S/C13H16N2O2/c1-9-5-6-11(16-2)10(8-9)13(15-14)12-4-3-7-17-12/h3-8,13,15H,14H2,1-2H3. The predicted molar refractivity (Wildman–Crippen MR) is 65.6 cm³/mol. The molecule has 1 unspecified atom stereocenters. The molecule has 1 aromatic carbocycles. The van der Waals surface area contributed by atoms with Gasteiger partial charge in [0.05, 0.1) is 13.4 Å². The molecule has 0 saturated carbocycles. The molecule has 17 heavy (non-hydrogen) atoms.